The molecule has 334 valence electrons. The number of aromatic nitrogens is 1. The summed E-state index contributed by atoms with van der Waals surface area (Å²) in [7, 11) is 0. The molecule has 3 heterocycles. The largest absolute Gasteiger partial charge is 0.456 e. The number of anilines is 1. The monoisotopic (exact) mass is 906 g/mol. The highest BCUT2D eigenvalue weighted by Gasteiger charge is 2.31. The minimum absolute atomic E-state index is 0.119. The summed E-state index contributed by atoms with van der Waals surface area (Å²) in [6.07, 6.45) is 3.32. The van der Waals surface area contributed by atoms with Crippen molar-refractivity contribution in [1.82, 2.24) is 4.57 Å². The van der Waals surface area contributed by atoms with Gasteiger partial charge in [0.2, 0.25) is 0 Å². The average molecular weight is 907 g/mol. The minimum atomic E-state index is 0.119. The van der Waals surface area contributed by atoms with Crippen molar-refractivity contribution in [2.24, 2.45) is 0 Å². The van der Waals surface area contributed by atoms with Crippen LogP contribution in [0.2, 0.25) is 0 Å². The van der Waals surface area contributed by atoms with Crippen LogP contribution in [0.4, 0.5) is 5.69 Å². The molecule has 0 amide bonds. The molecule has 14 rings (SSSR count). The zero-order valence-corrected chi connectivity index (χ0v) is 38.9. The van der Waals surface area contributed by atoms with Crippen molar-refractivity contribution in [3.8, 4) is 50.5 Å². The zero-order valence-electron chi connectivity index (χ0n) is 38.9. The maximum absolute atomic E-state index is 6.67. The predicted molar refractivity (Wildman–Crippen MR) is 298 cm³/mol. The van der Waals surface area contributed by atoms with Gasteiger partial charge >= 0.3 is 0 Å². The highest BCUT2D eigenvalue weighted by atomic mass is 16.3. The van der Waals surface area contributed by atoms with Crippen LogP contribution in [-0.2, 0) is 0 Å². The van der Waals surface area contributed by atoms with Crippen LogP contribution in [0.5, 0.6) is 0 Å². The standard InChI is InChI=1S/C68H46N2O/c1-5-20-46(21-6-1)60-39-40-61(47-22-7-2-8-23-47)69(60)50-36-38-55-58(43-50)66(53-31-17-28-45-19-13-14-29-52(45)53)54-37-35-51(70-62(48-24-9-3-10-25-48)41-42-63(70)49-26-11-4-12-27-49)44-59(54)67(55)57-32-18-34-65-68(57)56-30-15-16-33-64(56)71-65/h1-41,43-44,63H,42H2. The number of rotatable bonds is 8. The molecule has 0 fully saturated rings. The van der Waals surface area contributed by atoms with Crippen LogP contribution >= 0.6 is 0 Å². The summed E-state index contributed by atoms with van der Waals surface area (Å²) in [4.78, 5) is 2.58. The lowest BCUT2D eigenvalue weighted by Gasteiger charge is -2.31. The molecule has 0 radical (unpaired) electrons. The Morgan fingerprint density at radius 1 is 0.366 bits per heavy atom. The van der Waals surface area contributed by atoms with E-state index in [4.69, 9.17) is 4.42 Å². The van der Waals surface area contributed by atoms with Gasteiger partial charge in [-0.1, -0.05) is 212 Å². The van der Waals surface area contributed by atoms with Gasteiger partial charge in [0.05, 0.1) is 17.4 Å². The number of benzene rings is 11. The lowest BCUT2D eigenvalue weighted by Crippen LogP contribution is -2.22. The molecule has 1 aliphatic heterocycles. The third-order valence-corrected chi connectivity index (χ3v) is 14.7. The number of nitrogens with zero attached hydrogens (tertiary/aromatic N) is 2. The van der Waals surface area contributed by atoms with Crippen LogP contribution < -0.4 is 4.90 Å². The smallest absolute Gasteiger partial charge is 0.136 e. The number of furan rings is 1. The van der Waals surface area contributed by atoms with Gasteiger partial charge in [-0.15, -0.1) is 0 Å². The molecule has 1 unspecified atom stereocenters. The van der Waals surface area contributed by atoms with Gasteiger partial charge in [-0.05, 0) is 132 Å². The van der Waals surface area contributed by atoms with E-state index in [0.717, 1.165) is 67.8 Å². The Labute approximate surface area is 412 Å². The first-order valence-corrected chi connectivity index (χ1v) is 24.6. The van der Waals surface area contributed by atoms with Crippen molar-refractivity contribution in [3.63, 3.8) is 0 Å². The SMILES string of the molecule is C1=C(c2ccccc2)N(c2ccc3c(-c4cccc5ccccc45)c4cc(-n5c(-c6ccccc6)ccc5-c5ccccc5)ccc4c(-c4cccc5oc6ccccc6c45)c3c2)C(c2ccccc2)C1. The predicted octanol–water partition coefficient (Wildman–Crippen LogP) is 18.5. The van der Waals surface area contributed by atoms with Gasteiger partial charge in [-0.3, -0.25) is 0 Å². The molecule has 3 nitrogen and oxygen atoms in total. The molecule has 0 saturated carbocycles. The molecule has 11 aromatic carbocycles. The molecule has 0 bridgehead atoms. The molecule has 1 atom stereocenters. The van der Waals surface area contributed by atoms with Gasteiger partial charge in [-0.25, -0.2) is 0 Å². The second-order valence-corrected chi connectivity index (χ2v) is 18.7. The van der Waals surface area contributed by atoms with Crippen molar-refractivity contribution in [3.05, 3.63) is 272 Å². The van der Waals surface area contributed by atoms with Crippen molar-refractivity contribution in [1.29, 1.82) is 0 Å². The Hall–Kier alpha value is -9.18. The van der Waals surface area contributed by atoms with Gasteiger partial charge in [0.25, 0.3) is 0 Å². The Balaban J connectivity index is 1.13. The van der Waals surface area contributed by atoms with Gasteiger partial charge < -0.3 is 13.9 Å². The maximum atomic E-state index is 6.67. The average Bonchev–Trinajstić information content (AvgIpc) is 4.20. The lowest BCUT2D eigenvalue weighted by atomic mass is 9.83. The zero-order chi connectivity index (χ0) is 46.8. The summed E-state index contributed by atoms with van der Waals surface area (Å²) in [6, 6.07) is 93.2. The van der Waals surface area contributed by atoms with Crippen molar-refractivity contribution in [2.45, 2.75) is 12.5 Å². The minimum Gasteiger partial charge on any atom is -0.456 e. The van der Waals surface area contributed by atoms with E-state index in [0.29, 0.717) is 0 Å². The number of para-hydroxylation sites is 1. The Morgan fingerprint density at radius 2 is 0.887 bits per heavy atom. The fourth-order valence-electron chi connectivity index (χ4n) is 11.6. The fraction of sp³-hybridized carbons (Fsp3) is 0.0294. The number of hydrogen-bond acceptors (Lipinski definition) is 2. The molecule has 1 aliphatic rings. The fourth-order valence-corrected chi connectivity index (χ4v) is 11.6. The maximum Gasteiger partial charge on any atom is 0.136 e. The van der Waals surface area contributed by atoms with Crippen LogP contribution in [0, 0.1) is 0 Å². The van der Waals surface area contributed by atoms with E-state index in [2.05, 4.69) is 270 Å². The molecular formula is C68H46N2O. The Morgan fingerprint density at radius 3 is 1.59 bits per heavy atom. The quantitative estimate of drug-likeness (QED) is 0.142. The summed E-state index contributed by atoms with van der Waals surface area (Å²) in [5.41, 5.74) is 17.1. The summed E-state index contributed by atoms with van der Waals surface area (Å²) < 4.78 is 9.12. The van der Waals surface area contributed by atoms with E-state index < -0.39 is 0 Å². The normalized spacial score (nSPS) is 13.8. The Kier molecular flexibility index (Phi) is 9.67. The van der Waals surface area contributed by atoms with Crippen LogP contribution in [0.1, 0.15) is 23.6 Å². The number of hydrogen-bond donors (Lipinski definition) is 0. The van der Waals surface area contributed by atoms with Crippen molar-refractivity contribution < 1.29 is 4.42 Å². The topological polar surface area (TPSA) is 21.3 Å². The summed E-state index contributed by atoms with van der Waals surface area (Å²) in [5, 5.41) is 9.38. The van der Waals surface area contributed by atoms with Crippen molar-refractivity contribution in [2.75, 3.05) is 4.90 Å². The van der Waals surface area contributed by atoms with E-state index in [1.165, 1.54) is 65.8 Å². The van der Waals surface area contributed by atoms with Gasteiger partial charge in [0.1, 0.15) is 11.2 Å². The van der Waals surface area contributed by atoms with E-state index in [9.17, 15) is 0 Å². The van der Waals surface area contributed by atoms with Crippen LogP contribution in [0.3, 0.4) is 0 Å². The second kappa shape index (κ2) is 16.8. The van der Waals surface area contributed by atoms with Crippen LogP contribution in [0.25, 0.3) is 110 Å². The van der Waals surface area contributed by atoms with E-state index in [1.807, 2.05) is 0 Å². The van der Waals surface area contributed by atoms with E-state index in [1.54, 1.807) is 0 Å². The third-order valence-electron chi connectivity index (χ3n) is 14.7. The molecule has 2 aromatic heterocycles. The van der Waals surface area contributed by atoms with Crippen LogP contribution in [0.15, 0.2) is 265 Å². The molecule has 0 aliphatic carbocycles. The Bertz CT molecular complexity index is 4120. The molecular weight excluding hydrogens is 861 g/mol. The summed E-state index contributed by atoms with van der Waals surface area (Å²) in [6.45, 7) is 0. The van der Waals surface area contributed by atoms with E-state index >= 15 is 0 Å². The second-order valence-electron chi connectivity index (χ2n) is 18.7. The highest BCUT2D eigenvalue weighted by Crippen LogP contribution is 2.51. The molecule has 0 saturated heterocycles. The molecule has 0 spiro atoms. The first-order valence-electron chi connectivity index (χ1n) is 24.6. The molecule has 3 heteroatoms. The van der Waals surface area contributed by atoms with Crippen molar-refractivity contribution >= 4 is 65.6 Å². The first kappa shape index (κ1) is 40.8. The van der Waals surface area contributed by atoms with E-state index in [-0.39, 0.29) is 6.04 Å². The molecule has 71 heavy (non-hydrogen) atoms. The molecule has 13 aromatic rings. The first-order chi connectivity index (χ1) is 35.2. The number of fused-ring (bicyclic) bond motifs is 6. The summed E-state index contributed by atoms with van der Waals surface area (Å²) in [5.74, 6) is 0. The molecule has 0 N–H and O–H groups in total. The van der Waals surface area contributed by atoms with Gasteiger partial charge in [-0.2, -0.15) is 0 Å². The lowest BCUT2D eigenvalue weighted by molar-refractivity contribution is 0.669. The highest BCUT2D eigenvalue weighted by molar-refractivity contribution is 6.27. The van der Waals surface area contributed by atoms with Crippen LogP contribution in [-0.4, -0.2) is 4.57 Å². The van der Waals surface area contributed by atoms with Gasteiger partial charge in [0.15, 0.2) is 0 Å². The van der Waals surface area contributed by atoms with Gasteiger partial charge in [0, 0.05) is 27.8 Å². The summed E-state index contributed by atoms with van der Waals surface area (Å²) >= 11 is 0. The third kappa shape index (κ3) is 6.73.